The molecule has 3 rings (SSSR count). The van der Waals surface area contributed by atoms with Crippen molar-refractivity contribution in [3.8, 4) is 0 Å². The van der Waals surface area contributed by atoms with Crippen LogP contribution in [0.15, 0.2) is 91.0 Å². The first-order valence-corrected chi connectivity index (χ1v) is 15.5. The van der Waals surface area contributed by atoms with Crippen molar-refractivity contribution in [2.45, 2.75) is 60.0 Å². The minimum atomic E-state index is -2.18. The van der Waals surface area contributed by atoms with E-state index in [-0.39, 0.29) is 62.5 Å². The predicted molar refractivity (Wildman–Crippen MR) is 160 cm³/mol. The molecular formula is C33H43NaO5Si. The number of hydrogen-bond acceptors (Lipinski definition) is 5. The maximum absolute atomic E-state index is 13.7. The Morgan fingerprint density at radius 3 is 1.57 bits per heavy atom. The van der Waals surface area contributed by atoms with Crippen molar-refractivity contribution in [3.63, 3.8) is 0 Å². The average Bonchev–Trinajstić information content (AvgIpc) is 2.94. The number of aryl methyl sites for hydroxylation is 1. The van der Waals surface area contributed by atoms with E-state index in [1.165, 1.54) is 0 Å². The molecule has 3 aromatic rings. The largest absolute Gasteiger partial charge is 1.00 e. The molecule has 0 saturated carbocycles. The molecule has 1 atom stereocenters. The molecule has 7 heteroatoms. The van der Waals surface area contributed by atoms with Crippen LogP contribution in [0.1, 0.15) is 54.5 Å². The molecule has 0 spiro atoms. The third-order valence-corrected chi connectivity index (χ3v) is 9.60. The van der Waals surface area contributed by atoms with Gasteiger partial charge in [-0.15, -0.1) is 0 Å². The van der Waals surface area contributed by atoms with Gasteiger partial charge >= 0.3 is 41.5 Å². The summed E-state index contributed by atoms with van der Waals surface area (Å²) in [6.45, 7) is 10.2. The second-order valence-electron chi connectivity index (χ2n) is 10.9. The van der Waals surface area contributed by atoms with Gasteiger partial charge in [0, 0.05) is 0 Å². The fraction of sp³-hybridized carbons (Fsp3) is 0.394. The number of carbonyl (C=O) groups excluding carboxylic acids is 2. The quantitative estimate of drug-likeness (QED) is 0.179. The van der Waals surface area contributed by atoms with E-state index in [0.29, 0.717) is 6.42 Å². The van der Waals surface area contributed by atoms with E-state index in [1.807, 2.05) is 66.7 Å². The van der Waals surface area contributed by atoms with Crippen molar-refractivity contribution >= 4 is 31.4 Å². The Balaban J connectivity index is 0.00000420. The van der Waals surface area contributed by atoms with Gasteiger partial charge in [-0.3, -0.25) is 9.59 Å². The number of carbonyl (C=O) groups is 2. The van der Waals surface area contributed by atoms with Crippen molar-refractivity contribution in [2.75, 3.05) is 13.2 Å². The minimum absolute atomic E-state index is 0. The SMILES string of the molecule is CCOC(=O)C(CCc1ccccc1)(CC(O[SiH](c1ccccc1)c1ccccc1)C(C)(C)C)C(=O)OCC.[H-].[Na+]. The molecule has 0 aliphatic rings. The average molecular weight is 571 g/mol. The monoisotopic (exact) mass is 570 g/mol. The molecule has 0 heterocycles. The first-order valence-electron chi connectivity index (χ1n) is 13.8. The van der Waals surface area contributed by atoms with Crippen LogP contribution in [0.4, 0.5) is 0 Å². The second-order valence-corrected chi connectivity index (χ2v) is 13.3. The van der Waals surface area contributed by atoms with Crippen molar-refractivity contribution in [3.05, 3.63) is 96.6 Å². The van der Waals surface area contributed by atoms with Gasteiger partial charge in [0.2, 0.25) is 9.04 Å². The molecule has 5 nitrogen and oxygen atoms in total. The van der Waals surface area contributed by atoms with Gasteiger partial charge in [-0.25, -0.2) is 0 Å². The summed E-state index contributed by atoms with van der Waals surface area (Å²) < 4.78 is 18.2. The van der Waals surface area contributed by atoms with E-state index in [4.69, 9.17) is 13.9 Å². The Hall–Kier alpha value is -2.22. The topological polar surface area (TPSA) is 61.8 Å². The van der Waals surface area contributed by atoms with E-state index < -0.39 is 32.5 Å². The van der Waals surface area contributed by atoms with Crippen molar-refractivity contribution in [2.24, 2.45) is 10.8 Å². The fourth-order valence-electron chi connectivity index (χ4n) is 4.74. The summed E-state index contributed by atoms with van der Waals surface area (Å²) in [6, 6.07) is 30.4. The number of benzene rings is 3. The Labute approximate surface area is 265 Å². The van der Waals surface area contributed by atoms with Crippen LogP contribution < -0.4 is 39.9 Å². The fourth-order valence-corrected chi connectivity index (χ4v) is 7.42. The van der Waals surface area contributed by atoms with Crippen molar-refractivity contribution in [1.29, 1.82) is 0 Å². The normalized spacial score (nSPS) is 12.3. The van der Waals surface area contributed by atoms with Gasteiger partial charge < -0.3 is 15.3 Å². The third kappa shape index (κ3) is 9.15. The van der Waals surface area contributed by atoms with Gasteiger partial charge in [-0.1, -0.05) is 112 Å². The molecule has 0 amide bonds. The van der Waals surface area contributed by atoms with Gasteiger partial charge in [0.1, 0.15) is 0 Å². The van der Waals surface area contributed by atoms with Crippen LogP contribution >= 0.6 is 0 Å². The molecule has 40 heavy (non-hydrogen) atoms. The summed E-state index contributed by atoms with van der Waals surface area (Å²) in [4.78, 5) is 27.4. The smallest absolute Gasteiger partial charge is 1.00 e. The first-order chi connectivity index (χ1) is 18.7. The molecule has 0 radical (unpaired) electrons. The van der Waals surface area contributed by atoms with Crippen molar-refractivity contribution in [1.82, 2.24) is 0 Å². The van der Waals surface area contributed by atoms with Crippen molar-refractivity contribution < 1.29 is 54.5 Å². The van der Waals surface area contributed by atoms with Crippen LogP contribution in [0.25, 0.3) is 0 Å². The van der Waals surface area contributed by atoms with Gasteiger partial charge in [-0.05, 0) is 54.5 Å². The number of rotatable bonds is 13. The van der Waals surface area contributed by atoms with Crippen LogP contribution in [-0.2, 0) is 29.9 Å². The third-order valence-electron chi connectivity index (χ3n) is 7.02. The maximum Gasteiger partial charge on any atom is 1.00 e. The predicted octanol–water partition coefficient (Wildman–Crippen LogP) is 2.21. The van der Waals surface area contributed by atoms with E-state index in [0.717, 1.165) is 15.9 Å². The van der Waals surface area contributed by atoms with Crippen LogP contribution in [0.5, 0.6) is 0 Å². The summed E-state index contributed by atoms with van der Waals surface area (Å²) in [7, 11) is -2.18. The zero-order chi connectivity index (χ0) is 28.3. The number of hydrogen-bond donors (Lipinski definition) is 0. The van der Waals surface area contributed by atoms with Crippen LogP contribution in [0.3, 0.4) is 0 Å². The Morgan fingerprint density at radius 1 is 0.750 bits per heavy atom. The van der Waals surface area contributed by atoms with Gasteiger partial charge in [0.25, 0.3) is 0 Å². The van der Waals surface area contributed by atoms with Gasteiger partial charge in [-0.2, -0.15) is 0 Å². The molecule has 0 aliphatic heterocycles. The molecule has 3 aromatic carbocycles. The van der Waals surface area contributed by atoms with Gasteiger partial charge in [0.15, 0.2) is 5.41 Å². The zero-order valence-electron chi connectivity index (χ0n) is 25.9. The molecule has 0 N–H and O–H groups in total. The summed E-state index contributed by atoms with van der Waals surface area (Å²) in [6.07, 6.45) is 0.560. The molecule has 0 aliphatic carbocycles. The molecule has 1 unspecified atom stereocenters. The second kappa shape index (κ2) is 16.3. The van der Waals surface area contributed by atoms with Crippen LogP contribution in [-0.4, -0.2) is 40.3 Å². The summed E-state index contributed by atoms with van der Waals surface area (Å²) >= 11 is 0. The Kier molecular flexibility index (Phi) is 13.8. The molecule has 0 saturated heterocycles. The number of ether oxygens (including phenoxy) is 2. The van der Waals surface area contributed by atoms with E-state index >= 15 is 0 Å². The van der Waals surface area contributed by atoms with E-state index in [9.17, 15) is 9.59 Å². The minimum Gasteiger partial charge on any atom is -1.00 e. The standard InChI is InChI=1S/C33H42O5Si.Na.H/c1-6-36-30(34)33(31(35)37-7-2,24-23-26-17-11-8-12-18-26)25-29(32(3,4)5)38-39(27-19-13-9-14-20-27)28-21-15-10-16-22-28;;/h8-22,29,39H,6-7,23-25H2,1-5H3;;/q;+1;-1. The number of esters is 2. The summed E-state index contributed by atoms with van der Waals surface area (Å²) in [5, 5.41) is 2.28. The van der Waals surface area contributed by atoms with Crippen LogP contribution in [0, 0.1) is 10.8 Å². The molecule has 210 valence electrons. The van der Waals surface area contributed by atoms with E-state index in [1.54, 1.807) is 13.8 Å². The molecular weight excluding hydrogens is 527 g/mol. The Bertz CT molecular complexity index is 1110. The maximum atomic E-state index is 13.7. The van der Waals surface area contributed by atoms with E-state index in [2.05, 4.69) is 45.0 Å². The summed E-state index contributed by atoms with van der Waals surface area (Å²) in [5.41, 5.74) is -0.817. The van der Waals surface area contributed by atoms with Gasteiger partial charge in [0.05, 0.1) is 19.3 Å². The summed E-state index contributed by atoms with van der Waals surface area (Å²) in [5.74, 6) is -1.09. The first kappa shape index (κ1) is 34.0. The molecule has 0 fully saturated rings. The Morgan fingerprint density at radius 2 is 1.18 bits per heavy atom. The zero-order valence-corrected chi connectivity index (χ0v) is 28.0. The molecule has 0 bridgehead atoms. The van der Waals surface area contributed by atoms with Crippen LogP contribution in [0.2, 0.25) is 0 Å². The molecule has 0 aromatic heterocycles.